The van der Waals surface area contributed by atoms with E-state index in [-0.39, 0.29) is 0 Å². The Morgan fingerprint density at radius 1 is 1.19 bits per heavy atom. The van der Waals surface area contributed by atoms with Crippen molar-refractivity contribution < 1.29 is 4.74 Å². The maximum atomic E-state index is 5.04. The first-order valence-electron chi connectivity index (χ1n) is 7.05. The number of hydrogen-bond donors (Lipinski definition) is 1. The quantitative estimate of drug-likeness (QED) is 0.642. The molecule has 0 heterocycles. The standard InChI is InChI=1S/C14H29NO/c1-13(15-10-6-7-11-16-2)12-14-8-4-3-5-9-14/h13-15H,3-12H2,1-2H3. The second-order valence-corrected chi connectivity index (χ2v) is 5.29. The average Bonchev–Trinajstić information content (AvgIpc) is 2.30. The third-order valence-corrected chi connectivity index (χ3v) is 3.68. The largest absolute Gasteiger partial charge is 0.385 e. The van der Waals surface area contributed by atoms with Gasteiger partial charge in [0, 0.05) is 19.8 Å². The van der Waals surface area contributed by atoms with Crippen molar-refractivity contribution in [2.75, 3.05) is 20.3 Å². The van der Waals surface area contributed by atoms with Crippen molar-refractivity contribution in [3.8, 4) is 0 Å². The van der Waals surface area contributed by atoms with Crippen LogP contribution in [0.1, 0.15) is 58.3 Å². The molecule has 1 saturated carbocycles. The molecule has 1 N–H and O–H groups in total. The average molecular weight is 227 g/mol. The summed E-state index contributed by atoms with van der Waals surface area (Å²) < 4.78 is 5.04. The number of hydrogen-bond acceptors (Lipinski definition) is 2. The summed E-state index contributed by atoms with van der Waals surface area (Å²) in [5.41, 5.74) is 0. The summed E-state index contributed by atoms with van der Waals surface area (Å²) in [5, 5.41) is 3.63. The number of nitrogens with one attached hydrogen (secondary N) is 1. The first-order chi connectivity index (χ1) is 7.83. The Morgan fingerprint density at radius 3 is 2.62 bits per heavy atom. The molecular weight excluding hydrogens is 198 g/mol. The molecule has 0 bridgehead atoms. The predicted octanol–water partition coefficient (Wildman–Crippen LogP) is 3.36. The van der Waals surface area contributed by atoms with Crippen molar-refractivity contribution in [3.05, 3.63) is 0 Å². The van der Waals surface area contributed by atoms with E-state index < -0.39 is 0 Å². The molecule has 0 aromatic carbocycles. The molecule has 1 fully saturated rings. The van der Waals surface area contributed by atoms with E-state index in [1.807, 2.05) is 0 Å². The van der Waals surface area contributed by atoms with Crippen LogP contribution < -0.4 is 5.32 Å². The summed E-state index contributed by atoms with van der Waals surface area (Å²) in [6.45, 7) is 4.39. The predicted molar refractivity (Wildman–Crippen MR) is 69.8 cm³/mol. The Bertz CT molecular complexity index is 155. The van der Waals surface area contributed by atoms with Crippen molar-refractivity contribution in [1.29, 1.82) is 0 Å². The highest BCUT2D eigenvalue weighted by atomic mass is 16.5. The normalized spacial score (nSPS) is 19.9. The molecular formula is C14H29NO. The third kappa shape index (κ3) is 6.49. The van der Waals surface area contributed by atoms with Crippen molar-refractivity contribution in [2.45, 2.75) is 64.3 Å². The Hall–Kier alpha value is -0.0800. The lowest BCUT2D eigenvalue weighted by molar-refractivity contribution is 0.192. The van der Waals surface area contributed by atoms with Crippen LogP contribution in [-0.4, -0.2) is 26.3 Å². The molecule has 1 aliphatic carbocycles. The van der Waals surface area contributed by atoms with Gasteiger partial charge in [0.05, 0.1) is 0 Å². The van der Waals surface area contributed by atoms with Gasteiger partial charge in [-0.05, 0) is 38.6 Å². The zero-order valence-corrected chi connectivity index (χ0v) is 11.1. The first-order valence-corrected chi connectivity index (χ1v) is 7.05. The molecule has 2 nitrogen and oxygen atoms in total. The lowest BCUT2D eigenvalue weighted by Crippen LogP contribution is -2.29. The van der Waals surface area contributed by atoms with Gasteiger partial charge in [-0.25, -0.2) is 0 Å². The van der Waals surface area contributed by atoms with Gasteiger partial charge < -0.3 is 10.1 Å². The lowest BCUT2D eigenvalue weighted by Gasteiger charge is -2.25. The molecule has 96 valence electrons. The molecule has 0 aromatic rings. The molecule has 1 atom stereocenters. The second kappa shape index (κ2) is 9.00. The van der Waals surface area contributed by atoms with Crippen molar-refractivity contribution in [3.63, 3.8) is 0 Å². The fourth-order valence-corrected chi connectivity index (χ4v) is 2.73. The number of ether oxygens (including phenoxy) is 1. The molecule has 0 saturated heterocycles. The van der Waals surface area contributed by atoms with E-state index >= 15 is 0 Å². The summed E-state index contributed by atoms with van der Waals surface area (Å²) >= 11 is 0. The molecule has 1 aliphatic rings. The van der Waals surface area contributed by atoms with Gasteiger partial charge in [0.1, 0.15) is 0 Å². The molecule has 0 radical (unpaired) electrons. The Labute approximate surface area is 101 Å². The minimum Gasteiger partial charge on any atom is -0.385 e. The summed E-state index contributed by atoms with van der Waals surface area (Å²) in [6.07, 6.45) is 11.1. The van der Waals surface area contributed by atoms with Crippen LogP contribution in [-0.2, 0) is 4.74 Å². The minimum absolute atomic E-state index is 0.700. The molecule has 1 rings (SSSR count). The Kier molecular flexibility index (Phi) is 7.87. The summed E-state index contributed by atoms with van der Waals surface area (Å²) in [6, 6.07) is 0.700. The molecule has 0 aliphatic heterocycles. The van der Waals surface area contributed by atoms with E-state index in [9.17, 15) is 0 Å². The van der Waals surface area contributed by atoms with Gasteiger partial charge in [0.25, 0.3) is 0 Å². The molecule has 1 unspecified atom stereocenters. The Balaban J connectivity index is 1.95. The maximum Gasteiger partial charge on any atom is 0.0462 e. The highest BCUT2D eigenvalue weighted by molar-refractivity contribution is 4.71. The van der Waals surface area contributed by atoms with Crippen LogP contribution in [0.15, 0.2) is 0 Å². The van der Waals surface area contributed by atoms with Crippen molar-refractivity contribution in [1.82, 2.24) is 5.32 Å². The fraction of sp³-hybridized carbons (Fsp3) is 1.00. The molecule has 2 heteroatoms. The molecule has 16 heavy (non-hydrogen) atoms. The van der Waals surface area contributed by atoms with E-state index in [4.69, 9.17) is 4.74 Å². The van der Waals surface area contributed by atoms with Crippen LogP contribution in [0.4, 0.5) is 0 Å². The summed E-state index contributed by atoms with van der Waals surface area (Å²) in [7, 11) is 1.78. The van der Waals surface area contributed by atoms with E-state index in [2.05, 4.69) is 12.2 Å². The maximum absolute atomic E-state index is 5.04. The van der Waals surface area contributed by atoms with Crippen LogP contribution >= 0.6 is 0 Å². The smallest absolute Gasteiger partial charge is 0.0462 e. The van der Waals surface area contributed by atoms with Gasteiger partial charge in [-0.2, -0.15) is 0 Å². The summed E-state index contributed by atoms with van der Waals surface area (Å²) in [4.78, 5) is 0. The van der Waals surface area contributed by atoms with Crippen LogP contribution in [0.5, 0.6) is 0 Å². The number of rotatable bonds is 8. The third-order valence-electron chi connectivity index (χ3n) is 3.68. The molecule has 0 aromatic heterocycles. The van der Waals surface area contributed by atoms with Crippen molar-refractivity contribution in [2.24, 2.45) is 5.92 Å². The highest BCUT2D eigenvalue weighted by Crippen LogP contribution is 2.27. The number of unbranched alkanes of at least 4 members (excludes halogenated alkanes) is 1. The monoisotopic (exact) mass is 227 g/mol. The fourth-order valence-electron chi connectivity index (χ4n) is 2.73. The van der Waals surface area contributed by atoms with Crippen LogP contribution in [0, 0.1) is 5.92 Å². The van der Waals surface area contributed by atoms with Gasteiger partial charge in [-0.15, -0.1) is 0 Å². The van der Waals surface area contributed by atoms with Crippen LogP contribution in [0.3, 0.4) is 0 Å². The highest BCUT2D eigenvalue weighted by Gasteiger charge is 2.15. The zero-order valence-electron chi connectivity index (χ0n) is 11.1. The van der Waals surface area contributed by atoms with Gasteiger partial charge in [-0.1, -0.05) is 32.1 Å². The van der Waals surface area contributed by atoms with E-state index in [0.717, 1.165) is 19.1 Å². The number of methoxy groups -OCH3 is 1. The molecule has 0 amide bonds. The second-order valence-electron chi connectivity index (χ2n) is 5.29. The van der Waals surface area contributed by atoms with Gasteiger partial charge in [-0.3, -0.25) is 0 Å². The van der Waals surface area contributed by atoms with Gasteiger partial charge in [0.15, 0.2) is 0 Å². The van der Waals surface area contributed by atoms with Crippen LogP contribution in [0.2, 0.25) is 0 Å². The van der Waals surface area contributed by atoms with E-state index in [1.54, 1.807) is 7.11 Å². The van der Waals surface area contributed by atoms with Gasteiger partial charge in [0.2, 0.25) is 0 Å². The minimum atomic E-state index is 0.700. The van der Waals surface area contributed by atoms with Gasteiger partial charge >= 0.3 is 0 Å². The first kappa shape index (κ1) is 14.0. The van der Waals surface area contributed by atoms with Crippen LogP contribution in [0.25, 0.3) is 0 Å². The summed E-state index contributed by atoms with van der Waals surface area (Å²) in [5.74, 6) is 0.996. The molecule has 0 spiro atoms. The zero-order chi connectivity index (χ0) is 11.6. The lowest BCUT2D eigenvalue weighted by atomic mass is 9.85. The topological polar surface area (TPSA) is 21.3 Å². The van der Waals surface area contributed by atoms with E-state index in [0.29, 0.717) is 6.04 Å². The van der Waals surface area contributed by atoms with E-state index in [1.165, 1.54) is 51.4 Å². The SMILES string of the molecule is COCCCCNC(C)CC1CCCCC1. The van der Waals surface area contributed by atoms with Crippen molar-refractivity contribution >= 4 is 0 Å². The Morgan fingerprint density at radius 2 is 1.94 bits per heavy atom.